The minimum Gasteiger partial charge on any atom is -0.395 e. The van der Waals surface area contributed by atoms with Gasteiger partial charge >= 0.3 is 6.18 Å². The smallest absolute Gasteiger partial charge is 0.395 e. The van der Waals surface area contributed by atoms with Crippen molar-refractivity contribution in [1.29, 1.82) is 0 Å². The first-order valence-corrected chi connectivity index (χ1v) is 10.4. The van der Waals surface area contributed by atoms with E-state index in [4.69, 9.17) is 17.3 Å². The van der Waals surface area contributed by atoms with Crippen LogP contribution in [0.3, 0.4) is 0 Å². The molecular weight excluding hydrogens is 441 g/mol. The van der Waals surface area contributed by atoms with Gasteiger partial charge < -0.3 is 15.5 Å². The normalized spacial score (nSPS) is 17.8. The maximum atomic E-state index is 13.0. The third-order valence-corrected chi connectivity index (χ3v) is 5.64. The maximum Gasteiger partial charge on any atom is 0.430 e. The van der Waals surface area contributed by atoms with Crippen molar-refractivity contribution in [3.05, 3.63) is 76.5 Å². The first-order valence-electron chi connectivity index (χ1n) is 10.00. The third-order valence-electron chi connectivity index (χ3n) is 5.32. The summed E-state index contributed by atoms with van der Waals surface area (Å²) in [5, 5.41) is 0.292. The first-order chi connectivity index (χ1) is 15.1. The Hall–Kier alpha value is -2.84. The molecule has 170 valence electrons. The highest BCUT2D eigenvalue weighted by molar-refractivity contribution is 6.33. The van der Waals surface area contributed by atoms with Crippen LogP contribution in [0, 0.1) is 0 Å². The number of nitrogens with zero attached hydrogens (tertiary/aromatic N) is 3. The molecule has 0 unspecified atom stereocenters. The molecular formula is C23H24ClF3N4O. The second-order valence-electron chi connectivity index (χ2n) is 7.78. The van der Waals surface area contributed by atoms with Gasteiger partial charge in [-0.15, -0.1) is 0 Å². The number of benzene rings is 2. The summed E-state index contributed by atoms with van der Waals surface area (Å²) >= 11 is 6.12. The lowest BCUT2D eigenvalue weighted by atomic mass is 10.1. The summed E-state index contributed by atoms with van der Waals surface area (Å²) in [5.41, 5.74) is 5.08. The van der Waals surface area contributed by atoms with Crippen LogP contribution in [0.25, 0.3) is 0 Å². The zero-order valence-electron chi connectivity index (χ0n) is 17.7. The number of amides is 1. The summed E-state index contributed by atoms with van der Waals surface area (Å²) in [6.07, 6.45) is -3.04. The highest BCUT2D eigenvalue weighted by Gasteiger charge is 2.32. The number of halogens is 4. The fraction of sp³-hybridized carbons (Fsp3) is 0.304. The number of hydrogen-bond acceptors (Lipinski definition) is 4. The van der Waals surface area contributed by atoms with Crippen molar-refractivity contribution in [3.63, 3.8) is 0 Å². The monoisotopic (exact) mass is 464 g/mol. The number of alkyl halides is 3. The summed E-state index contributed by atoms with van der Waals surface area (Å²) in [6.45, 7) is 1.30. The van der Waals surface area contributed by atoms with E-state index < -0.39 is 11.9 Å². The van der Waals surface area contributed by atoms with E-state index in [9.17, 15) is 18.0 Å². The van der Waals surface area contributed by atoms with Crippen molar-refractivity contribution in [2.75, 3.05) is 27.2 Å². The van der Waals surface area contributed by atoms with E-state index in [2.05, 4.69) is 9.89 Å². The van der Waals surface area contributed by atoms with Crippen LogP contribution in [0.2, 0.25) is 5.02 Å². The zero-order chi connectivity index (χ0) is 23.5. The molecule has 2 N–H and O–H groups in total. The van der Waals surface area contributed by atoms with Gasteiger partial charge in [0.15, 0.2) is 0 Å². The Bertz CT molecular complexity index is 1030. The Labute approximate surface area is 190 Å². The van der Waals surface area contributed by atoms with Crippen molar-refractivity contribution in [2.45, 2.75) is 18.6 Å². The molecule has 0 aliphatic carbocycles. The van der Waals surface area contributed by atoms with E-state index in [1.54, 1.807) is 53.4 Å². The lowest BCUT2D eigenvalue weighted by Gasteiger charge is -2.20. The third kappa shape index (κ3) is 5.69. The van der Waals surface area contributed by atoms with E-state index in [1.807, 2.05) is 14.1 Å². The van der Waals surface area contributed by atoms with Crippen LogP contribution < -0.4 is 5.73 Å². The molecule has 32 heavy (non-hydrogen) atoms. The van der Waals surface area contributed by atoms with Gasteiger partial charge in [-0.3, -0.25) is 4.79 Å². The number of rotatable bonds is 5. The average molecular weight is 465 g/mol. The summed E-state index contributed by atoms with van der Waals surface area (Å²) in [4.78, 5) is 21.0. The topological polar surface area (TPSA) is 61.9 Å². The molecule has 0 saturated carbocycles. The number of carbonyl (C=O) groups excluding carboxylic acids is 1. The van der Waals surface area contributed by atoms with E-state index >= 15 is 0 Å². The predicted molar refractivity (Wildman–Crippen MR) is 120 cm³/mol. The molecule has 1 atom stereocenters. The van der Waals surface area contributed by atoms with Crippen LogP contribution in [0.4, 0.5) is 18.9 Å². The van der Waals surface area contributed by atoms with E-state index in [0.29, 0.717) is 41.0 Å². The van der Waals surface area contributed by atoms with Crippen LogP contribution >= 0.6 is 11.6 Å². The fourth-order valence-electron chi connectivity index (χ4n) is 3.40. The van der Waals surface area contributed by atoms with Crippen LogP contribution in [0.1, 0.15) is 22.3 Å². The van der Waals surface area contributed by atoms with Gasteiger partial charge in [-0.05, 0) is 50.9 Å². The van der Waals surface area contributed by atoms with Crippen LogP contribution in [0.15, 0.2) is 65.3 Å². The summed E-state index contributed by atoms with van der Waals surface area (Å²) < 4.78 is 39.1. The number of carbonyl (C=O) groups is 1. The second kappa shape index (κ2) is 9.75. The largest absolute Gasteiger partial charge is 0.430 e. The highest BCUT2D eigenvalue weighted by atomic mass is 35.5. The standard InChI is InChI=1S/C23H24ClF3N4O/c1-30(2)17-11-12-31(14-17)22(32)16-9-7-15(8-10-16)20(13-21(28)23(25,26)27)29-19-6-4-3-5-18(19)24/h3-10,13,17H,11-12,14,28H2,1-2H3/t17-/m1/s1. The van der Waals surface area contributed by atoms with Crippen molar-refractivity contribution in [3.8, 4) is 0 Å². The van der Waals surface area contributed by atoms with Crippen molar-refractivity contribution in [2.24, 2.45) is 10.7 Å². The number of para-hydroxylation sites is 1. The molecule has 1 aliphatic heterocycles. The number of nitrogens with two attached hydrogens (primary N) is 1. The molecule has 9 heteroatoms. The molecule has 2 aromatic rings. The zero-order valence-corrected chi connectivity index (χ0v) is 18.5. The van der Waals surface area contributed by atoms with Crippen LogP contribution in [0.5, 0.6) is 0 Å². The Kier molecular flexibility index (Phi) is 7.26. The SMILES string of the molecule is CN(C)[C@@H]1CCN(C(=O)c2ccc(C(C=C(N)C(F)(F)F)=Nc3ccccc3Cl)cc2)C1. The number of likely N-dealkylation sites (tertiary alicyclic amines) is 1. The lowest BCUT2D eigenvalue weighted by molar-refractivity contribution is -0.0925. The summed E-state index contributed by atoms with van der Waals surface area (Å²) in [7, 11) is 3.96. The van der Waals surface area contributed by atoms with Crippen LogP contribution in [-0.2, 0) is 0 Å². The maximum absolute atomic E-state index is 13.0. The second-order valence-corrected chi connectivity index (χ2v) is 8.19. The summed E-state index contributed by atoms with van der Waals surface area (Å²) in [5.74, 6) is -0.115. The lowest BCUT2D eigenvalue weighted by Crippen LogP contribution is -2.34. The molecule has 1 amide bonds. The fourth-order valence-corrected chi connectivity index (χ4v) is 3.57. The molecule has 1 fully saturated rings. The minimum atomic E-state index is -4.70. The summed E-state index contributed by atoms with van der Waals surface area (Å²) in [6, 6.07) is 13.1. The molecule has 0 aromatic heterocycles. The van der Waals surface area contributed by atoms with Crippen molar-refractivity contribution >= 4 is 28.9 Å². The molecule has 0 spiro atoms. The van der Waals surface area contributed by atoms with Gasteiger partial charge in [-0.2, -0.15) is 13.2 Å². The molecule has 0 bridgehead atoms. The van der Waals surface area contributed by atoms with E-state index in [-0.39, 0.29) is 11.6 Å². The van der Waals surface area contributed by atoms with Crippen molar-refractivity contribution in [1.82, 2.24) is 9.80 Å². The van der Waals surface area contributed by atoms with Gasteiger partial charge in [-0.1, -0.05) is 35.9 Å². The Morgan fingerprint density at radius 1 is 1.16 bits per heavy atom. The molecule has 3 rings (SSSR count). The highest BCUT2D eigenvalue weighted by Crippen LogP contribution is 2.27. The number of aliphatic imine (C=N–C) groups is 1. The van der Waals surface area contributed by atoms with Gasteiger partial charge in [-0.25, -0.2) is 4.99 Å². The Morgan fingerprint density at radius 3 is 2.34 bits per heavy atom. The van der Waals surface area contributed by atoms with E-state index in [1.165, 1.54) is 0 Å². The quantitative estimate of drug-likeness (QED) is 0.656. The number of likely N-dealkylation sites (N-methyl/N-ethyl adjacent to an activating group) is 1. The average Bonchev–Trinajstić information content (AvgIpc) is 3.24. The molecule has 5 nitrogen and oxygen atoms in total. The molecule has 1 saturated heterocycles. The number of allylic oxidation sites excluding steroid dienone is 2. The predicted octanol–water partition coefficient (Wildman–Crippen LogP) is 4.64. The van der Waals surface area contributed by atoms with Crippen LogP contribution in [-0.4, -0.2) is 60.8 Å². The van der Waals surface area contributed by atoms with Gasteiger partial charge in [0.1, 0.15) is 5.70 Å². The minimum absolute atomic E-state index is 0.0132. The molecule has 2 aromatic carbocycles. The molecule has 1 aliphatic rings. The molecule has 1 heterocycles. The Balaban J connectivity index is 1.91. The number of hydrogen-bond donors (Lipinski definition) is 1. The Morgan fingerprint density at radius 2 is 1.78 bits per heavy atom. The molecule has 0 radical (unpaired) electrons. The first kappa shape index (κ1) is 23.8. The van der Waals surface area contributed by atoms with Gasteiger partial charge in [0.05, 0.1) is 16.4 Å². The van der Waals surface area contributed by atoms with Gasteiger partial charge in [0.2, 0.25) is 0 Å². The van der Waals surface area contributed by atoms with E-state index in [0.717, 1.165) is 12.5 Å². The van der Waals surface area contributed by atoms with Gasteiger partial charge in [0.25, 0.3) is 5.91 Å². The van der Waals surface area contributed by atoms with Crippen molar-refractivity contribution < 1.29 is 18.0 Å². The van der Waals surface area contributed by atoms with Gasteiger partial charge in [0, 0.05) is 30.3 Å².